The maximum absolute atomic E-state index is 12.8. The molecule has 0 atom stereocenters. The highest BCUT2D eigenvalue weighted by Gasteiger charge is 2.21. The van der Waals surface area contributed by atoms with Crippen LogP contribution in [0.4, 0.5) is 17.6 Å². The zero-order valence-electron chi connectivity index (χ0n) is 9.84. The first-order chi connectivity index (χ1) is 8.36. The fourth-order valence-electron chi connectivity index (χ4n) is 1.75. The van der Waals surface area contributed by atoms with Gasteiger partial charge in [0, 0.05) is 11.1 Å². The minimum atomic E-state index is -3.09. The van der Waals surface area contributed by atoms with Crippen molar-refractivity contribution in [1.29, 1.82) is 0 Å². The zero-order valence-corrected chi connectivity index (χ0v) is 9.84. The lowest BCUT2D eigenvalue weighted by Gasteiger charge is -2.14. The Hall–Kier alpha value is -1.59. The number of halogens is 4. The largest absolute Gasteiger partial charge is 0.435 e. The third-order valence-corrected chi connectivity index (χ3v) is 2.42. The monoisotopic (exact) mass is 264 g/mol. The van der Waals surface area contributed by atoms with E-state index in [2.05, 4.69) is 4.74 Å². The number of Topliss-reactive ketones (excluding diaryl/α,β-unsaturated/α-hetero) is 1. The molecule has 18 heavy (non-hydrogen) atoms. The summed E-state index contributed by atoms with van der Waals surface area (Å²) in [6.07, 6.45) is -2.65. The van der Waals surface area contributed by atoms with Gasteiger partial charge in [-0.15, -0.1) is 0 Å². The van der Waals surface area contributed by atoms with E-state index < -0.39 is 24.4 Å². The smallest absolute Gasteiger partial charge is 0.387 e. The molecule has 1 rings (SSSR count). The van der Waals surface area contributed by atoms with Crippen molar-refractivity contribution in [2.24, 2.45) is 0 Å². The maximum Gasteiger partial charge on any atom is 0.387 e. The second-order valence-corrected chi connectivity index (χ2v) is 3.64. The average Bonchev–Trinajstić information content (AvgIpc) is 2.26. The number of aryl methyl sites for hydroxylation is 1. The summed E-state index contributed by atoms with van der Waals surface area (Å²) in [7, 11) is 0. The van der Waals surface area contributed by atoms with Crippen LogP contribution in [0.1, 0.15) is 41.8 Å². The third-order valence-electron chi connectivity index (χ3n) is 2.42. The van der Waals surface area contributed by atoms with E-state index in [9.17, 15) is 22.4 Å². The van der Waals surface area contributed by atoms with Gasteiger partial charge in [-0.05, 0) is 31.0 Å². The van der Waals surface area contributed by atoms with Crippen molar-refractivity contribution in [2.45, 2.75) is 33.3 Å². The van der Waals surface area contributed by atoms with Gasteiger partial charge in [0.15, 0.2) is 5.78 Å². The summed E-state index contributed by atoms with van der Waals surface area (Å²) in [6.45, 7) is -0.291. The van der Waals surface area contributed by atoms with Gasteiger partial charge in [0.05, 0.1) is 0 Å². The molecule has 0 heterocycles. The highest BCUT2D eigenvalue weighted by Crippen LogP contribution is 2.31. The molecule has 100 valence electrons. The van der Waals surface area contributed by atoms with Gasteiger partial charge in [0.25, 0.3) is 6.43 Å². The second-order valence-electron chi connectivity index (χ2n) is 3.64. The SMILES string of the molecule is CCc1cc(OC(F)F)cc(C(F)F)c1C(C)=O. The summed E-state index contributed by atoms with van der Waals surface area (Å²) in [5.74, 6) is -0.882. The fraction of sp³-hybridized carbons (Fsp3) is 0.417. The highest BCUT2D eigenvalue weighted by molar-refractivity contribution is 5.97. The molecule has 1 aromatic rings. The topological polar surface area (TPSA) is 26.3 Å². The molecule has 0 fully saturated rings. The number of hydrogen-bond donors (Lipinski definition) is 0. The Balaban J connectivity index is 3.38. The lowest BCUT2D eigenvalue weighted by Crippen LogP contribution is -2.08. The van der Waals surface area contributed by atoms with Gasteiger partial charge in [-0.3, -0.25) is 4.79 Å². The zero-order chi connectivity index (χ0) is 13.9. The lowest BCUT2D eigenvalue weighted by atomic mass is 9.96. The van der Waals surface area contributed by atoms with Crippen molar-refractivity contribution < 1.29 is 27.1 Å². The van der Waals surface area contributed by atoms with Gasteiger partial charge in [-0.2, -0.15) is 8.78 Å². The lowest BCUT2D eigenvalue weighted by molar-refractivity contribution is -0.0500. The molecule has 0 spiro atoms. The van der Waals surface area contributed by atoms with Gasteiger partial charge < -0.3 is 4.74 Å². The Morgan fingerprint density at radius 1 is 1.28 bits per heavy atom. The molecule has 6 heteroatoms. The van der Waals surface area contributed by atoms with Crippen LogP contribution in [0.15, 0.2) is 12.1 Å². The van der Waals surface area contributed by atoms with E-state index in [-0.39, 0.29) is 23.3 Å². The summed E-state index contributed by atoms with van der Waals surface area (Å²) in [5.41, 5.74) is -0.414. The molecule has 2 nitrogen and oxygen atoms in total. The summed E-state index contributed by atoms with van der Waals surface area (Å²) < 4.78 is 53.9. The summed E-state index contributed by atoms with van der Waals surface area (Å²) in [4.78, 5) is 11.4. The predicted octanol–water partition coefficient (Wildman–Crippen LogP) is 3.99. The minimum absolute atomic E-state index is 0.117. The van der Waals surface area contributed by atoms with E-state index in [1.54, 1.807) is 6.92 Å². The second kappa shape index (κ2) is 5.84. The quantitative estimate of drug-likeness (QED) is 0.593. The van der Waals surface area contributed by atoms with E-state index in [1.807, 2.05) is 0 Å². The number of rotatable bonds is 5. The number of carbonyl (C=O) groups is 1. The van der Waals surface area contributed by atoms with Crippen LogP contribution in [0.2, 0.25) is 0 Å². The third kappa shape index (κ3) is 3.21. The van der Waals surface area contributed by atoms with Crippen molar-refractivity contribution in [3.05, 3.63) is 28.8 Å². The van der Waals surface area contributed by atoms with Crippen molar-refractivity contribution in [3.63, 3.8) is 0 Å². The van der Waals surface area contributed by atoms with E-state index in [0.29, 0.717) is 0 Å². The molecule has 0 saturated heterocycles. The first-order valence-electron chi connectivity index (χ1n) is 5.27. The van der Waals surface area contributed by atoms with Crippen LogP contribution in [0.3, 0.4) is 0 Å². The first kappa shape index (κ1) is 14.5. The molecule has 0 unspecified atom stereocenters. The molecule has 0 amide bonds. The van der Waals surface area contributed by atoms with Gasteiger partial charge in [0.1, 0.15) is 5.75 Å². The average molecular weight is 264 g/mol. The van der Waals surface area contributed by atoms with Crippen LogP contribution in [0.5, 0.6) is 5.75 Å². The Bertz CT molecular complexity index is 444. The van der Waals surface area contributed by atoms with Crippen LogP contribution < -0.4 is 4.74 Å². The van der Waals surface area contributed by atoms with E-state index in [4.69, 9.17) is 0 Å². The minimum Gasteiger partial charge on any atom is -0.435 e. The Kier molecular flexibility index (Phi) is 4.69. The van der Waals surface area contributed by atoms with Gasteiger partial charge in [-0.25, -0.2) is 8.78 Å². The molecule has 0 saturated carbocycles. The van der Waals surface area contributed by atoms with E-state index in [0.717, 1.165) is 13.0 Å². The fourth-order valence-corrected chi connectivity index (χ4v) is 1.75. The Morgan fingerprint density at radius 2 is 1.89 bits per heavy atom. The van der Waals surface area contributed by atoms with Crippen molar-refractivity contribution in [1.82, 2.24) is 0 Å². The van der Waals surface area contributed by atoms with Gasteiger partial charge in [-0.1, -0.05) is 6.92 Å². The maximum atomic E-state index is 12.8. The Labute approximate surface area is 102 Å². The van der Waals surface area contributed by atoms with Crippen LogP contribution in [0.25, 0.3) is 0 Å². The first-order valence-corrected chi connectivity index (χ1v) is 5.27. The molecule has 0 aromatic heterocycles. The molecule has 0 N–H and O–H groups in total. The van der Waals surface area contributed by atoms with Crippen molar-refractivity contribution in [3.8, 4) is 5.75 Å². The number of benzene rings is 1. The molecule has 0 aliphatic rings. The standard InChI is InChI=1S/C12H12F4O2/c1-3-7-4-8(18-12(15)16)5-9(11(13)14)10(7)6(2)17/h4-5,11-12H,3H2,1-2H3. The number of alkyl halides is 4. The highest BCUT2D eigenvalue weighted by atomic mass is 19.3. The van der Waals surface area contributed by atoms with E-state index >= 15 is 0 Å². The Morgan fingerprint density at radius 3 is 2.28 bits per heavy atom. The van der Waals surface area contributed by atoms with Crippen molar-refractivity contribution >= 4 is 5.78 Å². The molecule has 0 aliphatic heterocycles. The molecule has 0 bridgehead atoms. The number of carbonyl (C=O) groups excluding carboxylic acids is 1. The number of ether oxygens (including phenoxy) is 1. The molecule has 1 aromatic carbocycles. The molecule has 0 aliphatic carbocycles. The van der Waals surface area contributed by atoms with Crippen LogP contribution in [-0.2, 0) is 6.42 Å². The predicted molar refractivity (Wildman–Crippen MR) is 57.4 cm³/mol. The van der Waals surface area contributed by atoms with Gasteiger partial charge >= 0.3 is 6.61 Å². The summed E-state index contributed by atoms with van der Waals surface area (Å²) in [5, 5.41) is 0. The van der Waals surface area contributed by atoms with Crippen LogP contribution >= 0.6 is 0 Å². The summed E-state index contributed by atoms with van der Waals surface area (Å²) in [6, 6.07) is 1.97. The normalized spacial score (nSPS) is 11.1. The summed E-state index contributed by atoms with van der Waals surface area (Å²) >= 11 is 0. The van der Waals surface area contributed by atoms with Crippen LogP contribution in [-0.4, -0.2) is 12.4 Å². The number of hydrogen-bond acceptors (Lipinski definition) is 2. The molecular formula is C12H12F4O2. The molecular weight excluding hydrogens is 252 g/mol. The van der Waals surface area contributed by atoms with Crippen molar-refractivity contribution in [2.75, 3.05) is 0 Å². The number of ketones is 1. The van der Waals surface area contributed by atoms with E-state index in [1.165, 1.54) is 6.07 Å². The molecule has 0 radical (unpaired) electrons. The van der Waals surface area contributed by atoms with Crippen LogP contribution in [0, 0.1) is 0 Å². The van der Waals surface area contributed by atoms with Gasteiger partial charge in [0.2, 0.25) is 0 Å².